The Morgan fingerprint density at radius 1 is 1.05 bits per heavy atom. The molecule has 0 radical (unpaired) electrons. The maximum atomic E-state index is 12.0. The lowest BCUT2D eigenvalue weighted by molar-refractivity contribution is -0.115. The highest BCUT2D eigenvalue weighted by molar-refractivity contribution is 5.92. The minimum absolute atomic E-state index is 0.0565. The topological polar surface area (TPSA) is 38.3 Å². The average molecular weight is 277 g/mol. The number of hydrogen-bond donors (Lipinski definition) is 1. The second kappa shape index (κ2) is 6.65. The Labute approximate surface area is 115 Å². The summed E-state index contributed by atoms with van der Waals surface area (Å²) in [5.74, 6) is -0.111. The Balaban J connectivity index is 1.91. The smallest absolute Gasteiger partial charge is 0.387 e. The van der Waals surface area contributed by atoms with Crippen molar-refractivity contribution in [1.29, 1.82) is 0 Å². The first-order chi connectivity index (χ1) is 9.63. The van der Waals surface area contributed by atoms with E-state index < -0.39 is 6.61 Å². The van der Waals surface area contributed by atoms with Crippen LogP contribution in [0, 0.1) is 0 Å². The van der Waals surface area contributed by atoms with Crippen molar-refractivity contribution in [3.05, 3.63) is 60.2 Å². The van der Waals surface area contributed by atoms with Gasteiger partial charge < -0.3 is 10.1 Å². The first-order valence-corrected chi connectivity index (χ1v) is 6.02. The van der Waals surface area contributed by atoms with Gasteiger partial charge in [0.15, 0.2) is 0 Å². The minimum Gasteiger partial charge on any atom is -0.435 e. The first kappa shape index (κ1) is 14.0. The standard InChI is InChI=1S/C15H13F2NO2/c16-15(17)20-13-8-6-12(7-9-13)18-14(19)10-11-4-2-1-3-5-11/h1-9,15H,10H2,(H,18,19). The van der Waals surface area contributed by atoms with Gasteiger partial charge in [0.1, 0.15) is 5.75 Å². The molecule has 0 saturated heterocycles. The van der Waals surface area contributed by atoms with E-state index in [0.29, 0.717) is 5.69 Å². The molecule has 104 valence electrons. The molecule has 0 aliphatic carbocycles. The molecule has 2 aromatic rings. The normalized spacial score (nSPS) is 10.3. The van der Waals surface area contributed by atoms with Gasteiger partial charge in [-0.3, -0.25) is 4.79 Å². The molecule has 2 rings (SSSR count). The van der Waals surface area contributed by atoms with Gasteiger partial charge in [0.25, 0.3) is 0 Å². The van der Waals surface area contributed by atoms with E-state index in [4.69, 9.17) is 0 Å². The molecule has 0 atom stereocenters. The van der Waals surface area contributed by atoms with Gasteiger partial charge in [0.05, 0.1) is 6.42 Å². The zero-order valence-corrected chi connectivity index (χ0v) is 10.6. The van der Waals surface area contributed by atoms with Crippen LogP contribution in [-0.4, -0.2) is 12.5 Å². The van der Waals surface area contributed by atoms with Crippen molar-refractivity contribution in [2.75, 3.05) is 5.32 Å². The molecule has 2 aromatic carbocycles. The molecule has 5 heteroatoms. The first-order valence-electron chi connectivity index (χ1n) is 6.02. The fourth-order valence-corrected chi connectivity index (χ4v) is 1.71. The van der Waals surface area contributed by atoms with Gasteiger partial charge in [-0.15, -0.1) is 0 Å². The molecule has 1 N–H and O–H groups in total. The number of benzene rings is 2. The van der Waals surface area contributed by atoms with Gasteiger partial charge in [-0.2, -0.15) is 8.78 Å². The number of halogens is 2. The maximum Gasteiger partial charge on any atom is 0.387 e. The summed E-state index contributed by atoms with van der Waals surface area (Å²) in [4.78, 5) is 11.8. The highest BCUT2D eigenvalue weighted by atomic mass is 19.3. The number of carbonyl (C=O) groups excluding carboxylic acids is 1. The Kier molecular flexibility index (Phi) is 4.65. The van der Waals surface area contributed by atoms with Crippen LogP contribution in [0.4, 0.5) is 14.5 Å². The fraction of sp³-hybridized carbons (Fsp3) is 0.133. The van der Waals surface area contributed by atoms with E-state index in [-0.39, 0.29) is 18.1 Å². The number of alkyl halides is 2. The third-order valence-corrected chi connectivity index (χ3v) is 2.57. The maximum absolute atomic E-state index is 12.0. The summed E-state index contributed by atoms with van der Waals surface area (Å²) in [5.41, 5.74) is 1.44. The molecular weight excluding hydrogens is 264 g/mol. The van der Waals surface area contributed by atoms with Gasteiger partial charge in [0.2, 0.25) is 5.91 Å². The summed E-state index contributed by atoms with van der Waals surface area (Å²) in [5, 5.41) is 2.69. The Hall–Kier alpha value is -2.43. The number of anilines is 1. The summed E-state index contributed by atoms with van der Waals surface area (Å²) in [7, 11) is 0. The van der Waals surface area contributed by atoms with Gasteiger partial charge in [-0.1, -0.05) is 30.3 Å². The average Bonchev–Trinajstić information content (AvgIpc) is 2.41. The molecule has 0 aliphatic rings. The number of hydrogen-bond acceptors (Lipinski definition) is 2. The molecular formula is C15H13F2NO2. The van der Waals surface area contributed by atoms with Crippen molar-refractivity contribution in [1.82, 2.24) is 0 Å². The highest BCUT2D eigenvalue weighted by Gasteiger charge is 2.06. The fourth-order valence-electron chi connectivity index (χ4n) is 1.71. The van der Waals surface area contributed by atoms with Crippen LogP contribution in [0.15, 0.2) is 54.6 Å². The quantitative estimate of drug-likeness (QED) is 0.908. The molecule has 0 bridgehead atoms. The van der Waals surface area contributed by atoms with Crippen LogP contribution in [0.25, 0.3) is 0 Å². The summed E-state index contributed by atoms with van der Waals surface area (Å²) < 4.78 is 28.2. The summed E-state index contributed by atoms with van der Waals surface area (Å²) in [6.45, 7) is -2.85. The van der Waals surface area contributed by atoms with Crippen molar-refractivity contribution >= 4 is 11.6 Å². The lowest BCUT2D eigenvalue weighted by Gasteiger charge is -2.07. The molecule has 0 heterocycles. The Morgan fingerprint density at radius 2 is 1.70 bits per heavy atom. The van der Waals surface area contributed by atoms with Crippen LogP contribution in [-0.2, 0) is 11.2 Å². The van der Waals surface area contributed by atoms with Crippen LogP contribution >= 0.6 is 0 Å². The zero-order valence-electron chi connectivity index (χ0n) is 10.6. The van der Waals surface area contributed by atoms with Crippen molar-refractivity contribution in [3.8, 4) is 5.75 Å². The molecule has 3 nitrogen and oxygen atoms in total. The van der Waals surface area contributed by atoms with E-state index >= 15 is 0 Å². The van der Waals surface area contributed by atoms with Crippen molar-refractivity contribution in [3.63, 3.8) is 0 Å². The largest absolute Gasteiger partial charge is 0.435 e. The van der Waals surface area contributed by atoms with Crippen molar-refractivity contribution in [2.45, 2.75) is 13.0 Å². The van der Waals surface area contributed by atoms with Gasteiger partial charge in [-0.05, 0) is 29.8 Å². The predicted molar refractivity (Wildman–Crippen MR) is 71.8 cm³/mol. The number of nitrogens with one attached hydrogen (secondary N) is 1. The summed E-state index contributed by atoms with van der Waals surface area (Å²) >= 11 is 0. The van der Waals surface area contributed by atoms with Crippen molar-refractivity contribution in [2.24, 2.45) is 0 Å². The zero-order chi connectivity index (χ0) is 14.4. The van der Waals surface area contributed by atoms with Crippen LogP contribution in [0.5, 0.6) is 5.75 Å². The number of carbonyl (C=O) groups is 1. The number of amides is 1. The van der Waals surface area contributed by atoms with E-state index in [1.54, 1.807) is 0 Å². The van der Waals surface area contributed by atoms with Gasteiger partial charge in [0, 0.05) is 5.69 Å². The van der Waals surface area contributed by atoms with Crippen LogP contribution in [0.3, 0.4) is 0 Å². The molecule has 0 fully saturated rings. The highest BCUT2D eigenvalue weighted by Crippen LogP contribution is 2.17. The lowest BCUT2D eigenvalue weighted by Crippen LogP contribution is -2.14. The SMILES string of the molecule is O=C(Cc1ccccc1)Nc1ccc(OC(F)F)cc1. The second-order valence-corrected chi connectivity index (χ2v) is 4.11. The second-order valence-electron chi connectivity index (χ2n) is 4.11. The van der Waals surface area contributed by atoms with E-state index in [2.05, 4.69) is 10.1 Å². The molecule has 0 aliphatic heterocycles. The summed E-state index contributed by atoms with van der Waals surface area (Å²) in [6.07, 6.45) is 0.260. The van der Waals surface area contributed by atoms with E-state index in [1.165, 1.54) is 24.3 Å². The molecule has 1 amide bonds. The number of ether oxygens (including phenoxy) is 1. The van der Waals surface area contributed by atoms with E-state index in [1.807, 2.05) is 30.3 Å². The van der Waals surface area contributed by atoms with Crippen LogP contribution in [0.2, 0.25) is 0 Å². The molecule has 20 heavy (non-hydrogen) atoms. The Morgan fingerprint density at radius 3 is 2.30 bits per heavy atom. The van der Waals surface area contributed by atoms with Gasteiger partial charge >= 0.3 is 6.61 Å². The molecule has 0 saturated carbocycles. The monoisotopic (exact) mass is 277 g/mol. The molecule has 0 spiro atoms. The Bertz CT molecular complexity index is 556. The third-order valence-electron chi connectivity index (χ3n) is 2.57. The molecule has 0 unspecified atom stereocenters. The van der Waals surface area contributed by atoms with Crippen molar-refractivity contribution < 1.29 is 18.3 Å². The van der Waals surface area contributed by atoms with E-state index in [0.717, 1.165) is 5.56 Å². The third kappa shape index (κ3) is 4.35. The van der Waals surface area contributed by atoms with Crippen LogP contribution < -0.4 is 10.1 Å². The summed E-state index contributed by atoms with van der Waals surface area (Å²) in [6, 6.07) is 15.1. The lowest BCUT2D eigenvalue weighted by atomic mass is 10.1. The minimum atomic E-state index is -2.85. The number of rotatable bonds is 5. The van der Waals surface area contributed by atoms with Gasteiger partial charge in [-0.25, -0.2) is 0 Å². The van der Waals surface area contributed by atoms with E-state index in [9.17, 15) is 13.6 Å². The predicted octanol–water partition coefficient (Wildman–Crippen LogP) is 3.47. The molecule has 0 aromatic heterocycles. The van der Waals surface area contributed by atoms with Crippen LogP contribution in [0.1, 0.15) is 5.56 Å².